The van der Waals surface area contributed by atoms with E-state index in [1.807, 2.05) is 0 Å². The average Bonchev–Trinajstić information content (AvgIpc) is 2.78. The lowest BCUT2D eigenvalue weighted by atomic mass is 10.1. The summed E-state index contributed by atoms with van der Waals surface area (Å²) in [6.07, 6.45) is -2.38. The van der Waals surface area contributed by atoms with Gasteiger partial charge >= 0.3 is 6.18 Å². The molecule has 2 rings (SSSR count). The molecule has 8 heteroatoms. The highest BCUT2D eigenvalue weighted by Gasteiger charge is 2.30. The molecular formula is C12H14F3N3O2. The van der Waals surface area contributed by atoms with Gasteiger partial charge in [0.25, 0.3) is 5.91 Å². The number of carbonyl (C=O) groups excluding carboxylic acids is 2. The van der Waals surface area contributed by atoms with Gasteiger partial charge in [-0.05, 0) is 18.6 Å². The number of carbonyl (C=O) groups is 2. The molecule has 1 aliphatic heterocycles. The molecule has 1 aromatic rings. The molecule has 1 atom stereocenters. The van der Waals surface area contributed by atoms with Gasteiger partial charge in [0.1, 0.15) is 12.2 Å². The lowest BCUT2D eigenvalue weighted by Crippen LogP contribution is -2.48. The number of hydrogen-bond acceptors (Lipinski definition) is 2. The minimum atomic E-state index is -4.38. The van der Waals surface area contributed by atoms with Crippen LogP contribution in [-0.4, -0.2) is 35.1 Å². The SMILES string of the molecule is O=C1CCC(NC(=O)c2cccn2CC(F)(F)F)CN1. The molecule has 0 saturated carbocycles. The van der Waals surface area contributed by atoms with Crippen molar-refractivity contribution in [3.05, 3.63) is 24.0 Å². The topological polar surface area (TPSA) is 63.1 Å². The van der Waals surface area contributed by atoms with Crippen LogP contribution in [0, 0.1) is 0 Å². The third-order valence-corrected chi connectivity index (χ3v) is 3.01. The zero-order valence-electron chi connectivity index (χ0n) is 10.5. The average molecular weight is 289 g/mol. The van der Waals surface area contributed by atoms with Crippen LogP contribution in [0.4, 0.5) is 13.2 Å². The summed E-state index contributed by atoms with van der Waals surface area (Å²) in [7, 11) is 0. The predicted octanol–water partition coefficient (Wildman–Crippen LogP) is 1.06. The molecule has 1 saturated heterocycles. The third kappa shape index (κ3) is 3.75. The maximum Gasteiger partial charge on any atom is 0.406 e. The van der Waals surface area contributed by atoms with Crippen LogP contribution in [0.5, 0.6) is 0 Å². The van der Waals surface area contributed by atoms with Gasteiger partial charge in [0.15, 0.2) is 0 Å². The molecule has 0 aromatic carbocycles. The number of hydrogen-bond donors (Lipinski definition) is 2. The first-order valence-electron chi connectivity index (χ1n) is 6.14. The van der Waals surface area contributed by atoms with Crippen LogP contribution >= 0.6 is 0 Å². The van der Waals surface area contributed by atoms with Gasteiger partial charge in [-0.3, -0.25) is 9.59 Å². The number of piperidine rings is 1. The van der Waals surface area contributed by atoms with Crippen LogP contribution in [0.25, 0.3) is 0 Å². The second kappa shape index (κ2) is 5.56. The number of halogens is 3. The Morgan fingerprint density at radius 1 is 1.50 bits per heavy atom. The van der Waals surface area contributed by atoms with E-state index in [9.17, 15) is 22.8 Å². The molecule has 1 aliphatic rings. The van der Waals surface area contributed by atoms with Gasteiger partial charge in [0.05, 0.1) is 0 Å². The van der Waals surface area contributed by atoms with Crippen molar-refractivity contribution in [2.24, 2.45) is 0 Å². The van der Waals surface area contributed by atoms with Crippen molar-refractivity contribution in [2.45, 2.75) is 31.6 Å². The number of alkyl halides is 3. The number of nitrogens with one attached hydrogen (secondary N) is 2. The molecule has 110 valence electrons. The molecule has 2 amide bonds. The zero-order chi connectivity index (χ0) is 14.8. The summed E-state index contributed by atoms with van der Waals surface area (Å²) in [5.74, 6) is -0.656. The minimum absolute atomic E-state index is 0.0424. The zero-order valence-corrected chi connectivity index (χ0v) is 10.5. The van der Waals surface area contributed by atoms with Crippen LogP contribution < -0.4 is 10.6 Å². The quantitative estimate of drug-likeness (QED) is 0.874. The van der Waals surface area contributed by atoms with Gasteiger partial charge < -0.3 is 15.2 Å². The molecule has 0 radical (unpaired) electrons. The first-order chi connectivity index (χ1) is 9.35. The van der Waals surface area contributed by atoms with E-state index in [1.165, 1.54) is 18.3 Å². The molecule has 2 heterocycles. The molecular weight excluding hydrogens is 275 g/mol. The Morgan fingerprint density at radius 2 is 2.25 bits per heavy atom. The van der Waals surface area contributed by atoms with Crippen LogP contribution in [-0.2, 0) is 11.3 Å². The second-order valence-electron chi connectivity index (χ2n) is 4.65. The van der Waals surface area contributed by atoms with Crippen molar-refractivity contribution < 1.29 is 22.8 Å². The summed E-state index contributed by atoms with van der Waals surface area (Å²) in [6, 6.07) is 2.47. The van der Waals surface area contributed by atoms with Crippen LogP contribution in [0.15, 0.2) is 18.3 Å². The minimum Gasteiger partial charge on any atom is -0.354 e. The fourth-order valence-electron chi connectivity index (χ4n) is 2.07. The second-order valence-corrected chi connectivity index (χ2v) is 4.65. The first-order valence-corrected chi connectivity index (χ1v) is 6.14. The van der Waals surface area contributed by atoms with Gasteiger partial charge in [-0.25, -0.2) is 0 Å². The lowest BCUT2D eigenvalue weighted by Gasteiger charge is -2.23. The maximum atomic E-state index is 12.4. The summed E-state index contributed by atoms with van der Waals surface area (Å²) in [5.41, 5.74) is -0.0424. The van der Waals surface area contributed by atoms with E-state index in [1.54, 1.807) is 0 Å². The van der Waals surface area contributed by atoms with Crippen LogP contribution in [0.2, 0.25) is 0 Å². The monoisotopic (exact) mass is 289 g/mol. The van der Waals surface area contributed by atoms with Gasteiger partial charge in [-0.1, -0.05) is 0 Å². The number of rotatable bonds is 3. The first kappa shape index (κ1) is 14.4. The summed E-state index contributed by atoms with van der Waals surface area (Å²) < 4.78 is 37.9. The Morgan fingerprint density at radius 3 is 2.85 bits per heavy atom. The fraction of sp³-hybridized carbons (Fsp3) is 0.500. The van der Waals surface area contributed by atoms with Gasteiger partial charge in [0.2, 0.25) is 5.91 Å². The molecule has 1 fully saturated rings. The molecule has 0 spiro atoms. The van der Waals surface area contributed by atoms with Crippen LogP contribution in [0.1, 0.15) is 23.3 Å². The van der Waals surface area contributed by atoms with E-state index >= 15 is 0 Å². The van der Waals surface area contributed by atoms with Crippen molar-refractivity contribution in [3.8, 4) is 0 Å². The van der Waals surface area contributed by atoms with Gasteiger partial charge in [-0.15, -0.1) is 0 Å². The van der Waals surface area contributed by atoms with Gasteiger partial charge in [0, 0.05) is 25.2 Å². The highest BCUT2D eigenvalue weighted by molar-refractivity contribution is 5.93. The normalized spacial score (nSPS) is 19.6. The van der Waals surface area contributed by atoms with Crippen molar-refractivity contribution >= 4 is 11.8 Å². The standard InChI is InChI=1S/C12H14F3N3O2/c13-12(14,15)7-18-5-1-2-9(18)11(20)17-8-3-4-10(19)16-6-8/h1-2,5,8H,3-4,6-7H2,(H,16,19)(H,17,20). The molecule has 5 nitrogen and oxygen atoms in total. The highest BCUT2D eigenvalue weighted by atomic mass is 19.4. The Hall–Kier alpha value is -1.99. The fourth-order valence-corrected chi connectivity index (χ4v) is 2.07. The molecule has 0 bridgehead atoms. The third-order valence-electron chi connectivity index (χ3n) is 3.01. The molecule has 0 aliphatic carbocycles. The number of aromatic nitrogens is 1. The molecule has 2 N–H and O–H groups in total. The predicted molar refractivity (Wildman–Crippen MR) is 64.0 cm³/mol. The summed E-state index contributed by atoms with van der Waals surface area (Å²) in [6.45, 7) is -0.908. The maximum absolute atomic E-state index is 12.4. The van der Waals surface area contributed by atoms with E-state index in [0.29, 0.717) is 19.4 Å². The van der Waals surface area contributed by atoms with Crippen molar-refractivity contribution in [1.29, 1.82) is 0 Å². The summed E-state index contributed by atoms with van der Waals surface area (Å²) in [4.78, 5) is 22.9. The Bertz CT molecular complexity index is 500. The number of amides is 2. The number of nitrogens with zero attached hydrogens (tertiary/aromatic N) is 1. The smallest absolute Gasteiger partial charge is 0.354 e. The highest BCUT2D eigenvalue weighted by Crippen LogP contribution is 2.19. The van der Waals surface area contributed by atoms with Crippen LogP contribution in [0.3, 0.4) is 0 Å². The lowest BCUT2D eigenvalue weighted by molar-refractivity contribution is -0.140. The molecule has 1 aromatic heterocycles. The largest absolute Gasteiger partial charge is 0.406 e. The van der Waals surface area contributed by atoms with Crippen molar-refractivity contribution in [2.75, 3.05) is 6.54 Å². The van der Waals surface area contributed by atoms with E-state index in [4.69, 9.17) is 0 Å². The Labute approximate surface area is 113 Å². The van der Waals surface area contributed by atoms with Crippen molar-refractivity contribution in [1.82, 2.24) is 15.2 Å². The Balaban J connectivity index is 1.99. The molecule has 1 unspecified atom stereocenters. The van der Waals surface area contributed by atoms with E-state index in [-0.39, 0.29) is 17.6 Å². The van der Waals surface area contributed by atoms with E-state index in [0.717, 1.165) is 4.57 Å². The Kier molecular flexibility index (Phi) is 4.01. The van der Waals surface area contributed by atoms with E-state index in [2.05, 4.69) is 10.6 Å². The van der Waals surface area contributed by atoms with E-state index < -0.39 is 18.6 Å². The molecule has 20 heavy (non-hydrogen) atoms. The van der Waals surface area contributed by atoms with Crippen molar-refractivity contribution in [3.63, 3.8) is 0 Å². The van der Waals surface area contributed by atoms with Gasteiger partial charge in [-0.2, -0.15) is 13.2 Å². The summed E-state index contributed by atoms with van der Waals surface area (Å²) >= 11 is 0. The summed E-state index contributed by atoms with van der Waals surface area (Å²) in [5, 5.41) is 5.22.